The average Bonchev–Trinajstić information content (AvgIpc) is 2.95. The first-order valence-corrected chi connectivity index (χ1v) is 8.73. The second kappa shape index (κ2) is 7.91. The highest BCUT2D eigenvalue weighted by Crippen LogP contribution is 2.25. The monoisotopic (exact) mass is 299 g/mol. The zero-order valence-corrected chi connectivity index (χ0v) is 13.5. The van der Waals surface area contributed by atoms with Crippen LogP contribution in [0, 0.1) is 5.92 Å². The van der Waals surface area contributed by atoms with E-state index in [4.69, 9.17) is 5.73 Å². The fraction of sp³-hybridized carbons (Fsp3) is 0.579. The molecule has 0 aromatic heterocycles. The third-order valence-corrected chi connectivity index (χ3v) is 5.15. The van der Waals surface area contributed by atoms with Crippen molar-refractivity contribution in [2.24, 2.45) is 11.7 Å². The predicted molar refractivity (Wildman–Crippen MR) is 93.7 cm³/mol. The Morgan fingerprint density at radius 1 is 1.00 bits per heavy atom. The number of piperazine rings is 1. The molecule has 2 aliphatic rings. The minimum atomic E-state index is 0.451. The quantitative estimate of drug-likeness (QED) is 0.906. The summed E-state index contributed by atoms with van der Waals surface area (Å²) in [5.41, 5.74) is 7.49. The number of nitrogens with two attached hydrogens (primary N) is 1. The Morgan fingerprint density at radius 2 is 1.73 bits per heavy atom. The molecule has 0 spiro atoms. The zero-order valence-electron chi connectivity index (χ0n) is 13.5. The third-order valence-electron chi connectivity index (χ3n) is 5.15. The SMILES string of the molecule is NC1CCCC1CN1CCN(C/C=C/c2ccccc2)CC1. The fourth-order valence-corrected chi connectivity index (χ4v) is 3.68. The highest BCUT2D eigenvalue weighted by Gasteiger charge is 2.27. The van der Waals surface area contributed by atoms with Crippen LogP contribution in [0.1, 0.15) is 24.8 Å². The average molecular weight is 299 g/mol. The summed E-state index contributed by atoms with van der Waals surface area (Å²) in [6.45, 7) is 7.04. The zero-order chi connectivity index (χ0) is 15.2. The summed E-state index contributed by atoms with van der Waals surface area (Å²) in [4.78, 5) is 5.16. The maximum atomic E-state index is 6.20. The van der Waals surface area contributed by atoms with E-state index in [1.54, 1.807) is 0 Å². The van der Waals surface area contributed by atoms with Gasteiger partial charge in [0.15, 0.2) is 0 Å². The van der Waals surface area contributed by atoms with Crippen molar-refractivity contribution in [2.45, 2.75) is 25.3 Å². The molecular formula is C19H29N3. The first-order valence-electron chi connectivity index (χ1n) is 8.73. The van der Waals surface area contributed by atoms with Crippen molar-refractivity contribution in [3.05, 3.63) is 42.0 Å². The van der Waals surface area contributed by atoms with Crippen LogP contribution in [0.15, 0.2) is 36.4 Å². The molecule has 120 valence electrons. The number of nitrogens with zero attached hydrogens (tertiary/aromatic N) is 2. The third kappa shape index (κ3) is 4.42. The molecule has 3 nitrogen and oxygen atoms in total. The van der Waals surface area contributed by atoms with Crippen molar-refractivity contribution in [3.8, 4) is 0 Å². The van der Waals surface area contributed by atoms with Crippen LogP contribution < -0.4 is 5.73 Å². The summed E-state index contributed by atoms with van der Waals surface area (Å²) in [5, 5.41) is 0. The molecule has 0 radical (unpaired) electrons. The van der Waals surface area contributed by atoms with E-state index in [9.17, 15) is 0 Å². The van der Waals surface area contributed by atoms with Crippen LogP contribution in [0.2, 0.25) is 0 Å². The Balaban J connectivity index is 1.37. The Morgan fingerprint density at radius 3 is 2.41 bits per heavy atom. The molecular weight excluding hydrogens is 270 g/mol. The van der Waals surface area contributed by atoms with Crippen molar-refractivity contribution in [2.75, 3.05) is 39.3 Å². The number of hydrogen-bond acceptors (Lipinski definition) is 3. The molecule has 2 unspecified atom stereocenters. The minimum absolute atomic E-state index is 0.451. The lowest BCUT2D eigenvalue weighted by molar-refractivity contribution is 0.124. The highest BCUT2D eigenvalue weighted by atomic mass is 15.3. The minimum Gasteiger partial charge on any atom is -0.327 e. The summed E-state index contributed by atoms with van der Waals surface area (Å²) in [6.07, 6.45) is 8.41. The molecule has 0 amide bonds. The van der Waals surface area contributed by atoms with Crippen LogP contribution in [-0.2, 0) is 0 Å². The molecule has 3 rings (SSSR count). The maximum absolute atomic E-state index is 6.20. The summed E-state index contributed by atoms with van der Waals surface area (Å²) >= 11 is 0. The van der Waals surface area contributed by atoms with Crippen molar-refractivity contribution in [3.63, 3.8) is 0 Å². The van der Waals surface area contributed by atoms with Crippen LogP contribution in [0.25, 0.3) is 6.08 Å². The highest BCUT2D eigenvalue weighted by molar-refractivity contribution is 5.48. The predicted octanol–water partition coefficient (Wildman–Crippen LogP) is 2.44. The Kier molecular flexibility index (Phi) is 5.65. The van der Waals surface area contributed by atoms with E-state index in [0.717, 1.165) is 12.5 Å². The molecule has 2 atom stereocenters. The Labute approximate surface area is 134 Å². The van der Waals surface area contributed by atoms with Crippen LogP contribution in [0.3, 0.4) is 0 Å². The summed E-state index contributed by atoms with van der Waals surface area (Å²) in [6, 6.07) is 11.0. The van der Waals surface area contributed by atoms with Gasteiger partial charge in [0.1, 0.15) is 0 Å². The summed E-state index contributed by atoms with van der Waals surface area (Å²) < 4.78 is 0. The molecule has 1 saturated heterocycles. The maximum Gasteiger partial charge on any atom is 0.0167 e. The van der Waals surface area contributed by atoms with Gasteiger partial charge in [0.05, 0.1) is 0 Å². The van der Waals surface area contributed by atoms with E-state index in [2.05, 4.69) is 52.3 Å². The molecule has 1 aliphatic carbocycles. The van der Waals surface area contributed by atoms with Crippen LogP contribution >= 0.6 is 0 Å². The lowest BCUT2D eigenvalue weighted by atomic mass is 10.0. The van der Waals surface area contributed by atoms with Gasteiger partial charge in [-0.2, -0.15) is 0 Å². The van der Waals surface area contributed by atoms with Gasteiger partial charge in [-0.15, -0.1) is 0 Å². The van der Waals surface area contributed by atoms with Crippen molar-refractivity contribution < 1.29 is 0 Å². The van der Waals surface area contributed by atoms with E-state index in [0.29, 0.717) is 6.04 Å². The number of rotatable bonds is 5. The first kappa shape index (κ1) is 15.7. The smallest absolute Gasteiger partial charge is 0.0167 e. The molecule has 0 bridgehead atoms. The van der Waals surface area contributed by atoms with Crippen LogP contribution in [0.5, 0.6) is 0 Å². The van der Waals surface area contributed by atoms with Crippen LogP contribution in [-0.4, -0.2) is 55.1 Å². The fourth-order valence-electron chi connectivity index (χ4n) is 3.68. The van der Waals surface area contributed by atoms with Crippen molar-refractivity contribution in [1.29, 1.82) is 0 Å². The van der Waals surface area contributed by atoms with Crippen molar-refractivity contribution in [1.82, 2.24) is 9.80 Å². The summed E-state index contributed by atoms with van der Waals surface area (Å²) in [5.74, 6) is 0.740. The molecule has 1 heterocycles. The van der Waals surface area contributed by atoms with Gasteiger partial charge in [-0.05, 0) is 24.3 Å². The molecule has 1 aliphatic heterocycles. The number of benzene rings is 1. The van der Waals surface area contributed by atoms with Gasteiger partial charge in [0.2, 0.25) is 0 Å². The molecule has 3 heteroatoms. The normalized spacial score (nSPS) is 27.7. The van der Waals surface area contributed by atoms with Gasteiger partial charge in [0.25, 0.3) is 0 Å². The van der Waals surface area contributed by atoms with Gasteiger partial charge in [-0.1, -0.05) is 48.9 Å². The Hall–Kier alpha value is -1.16. The van der Waals surface area contributed by atoms with Gasteiger partial charge < -0.3 is 10.6 Å². The molecule has 1 saturated carbocycles. The standard InChI is InChI=1S/C19H29N3/c20-19-10-4-9-18(19)16-22-14-12-21(13-15-22)11-5-8-17-6-2-1-3-7-17/h1-3,5-8,18-19H,4,9-16,20H2/b8-5+. The lowest BCUT2D eigenvalue weighted by Crippen LogP contribution is -2.48. The van der Waals surface area contributed by atoms with Crippen LogP contribution in [0.4, 0.5) is 0 Å². The lowest BCUT2D eigenvalue weighted by Gasteiger charge is -2.36. The molecule has 1 aromatic rings. The topological polar surface area (TPSA) is 32.5 Å². The Bertz CT molecular complexity index is 463. The second-order valence-corrected chi connectivity index (χ2v) is 6.77. The molecule has 22 heavy (non-hydrogen) atoms. The van der Waals surface area contributed by atoms with E-state index >= 15 is 0 Å². The molecule has 2 N–H and O–H groups in total. The van der Waals surface area contributed by atoms with E-state index < -0.39 is 0 Å². The van der Waals surface area contributed by atoms with E-state index in [-0.39, 0.29) is 0 Å². The second-order valence-electron chi connectivity index (χ2n) is 6.77. The largest absolute Gasteiger partial charge is 0.327 e. The van der Waals surface area contributed by atoms with E-state index in [1.807, 2.05) is 0 Å². The molecule has 1 aromatic carbocycles. The van der Waals surface area contributed by atoms with Gasteiger partial charge in [0, 0.05) is 45.3 Å². The summed E-state index contributed by atoms with van der Waals surface area (Å²) in [7, 11) is 0. The molecule has 2 fully saturated rings. The van der Waals surface area contributed by atoms with Crippen molar-refractivity contribution >= 4 is 6.08 Å². The van der Waals surface area contributed by atoms with Gasteiger partial charge in [-0.3, -0.25) is 4.90 Å². The first-order chi connectivity index (χ1) is 10.8. The van der Waals surface area contributed by atoms with Gasteiger partial charge in [-0.25, -0.2) is 0 Å². The number of hydrogen-bond donors (Lipinski definition) is 1. The van der Waals surface area contributed by atoms with E-state index in [1.165, 1.54) is 57.5 Å². The van der Waals surface area contributed by atoms with Gasteiger partial charge >= 0.3 is 0 Å².